The first-order valence-corrected chi connectivity index (χ1v) is 7.46. The van der Waals surface area contributed by atoms with Crippen molar-refractivity contribution >= 4 is 11.5 Å². The van der Waals surface area contributed by atoms with E-state index in [4.69, 9.17) is 0 Å². The summed E-state index contributed by atoms with van der Waals surface area (Å²) in [6, 6.07) is 19.7. The molecule has 21 heavy (non-hydrogen) atoms. The van der Waals surface area contributed by atoms with Crippen molar-refractivity contribution in [3.63, 3.8) is 0 Å². The van der Waals surface area contributed by atoms with Gasteiger partial charge in [0.25, 0.3) is 0 Å². The Balaban J connectivity index is 1.95. The molecule has 0 radical (unpaired) electrons. The molecule has 1 fully saturated rings. The fourth-order valence-corrected chi connectivity index (χ4v) is 2.73. The molecule has 0 N–H and O–H groups in total. The van der Waals surface area contributed by atoms with Gasteiger partial charge >= 0.3 is 0 Å². The van der Waals surface area contributed by atoms with Gasteiger partial charge in [0, 0.05) is 30.4 Å². The molecular formula is C19H19NO. The van der Waals surface area contributed by atoms with Crippen LogP contribution in [0, 0.1) is 0 Å². The van der Waals surface area contributed by atoms with E-state index in [1.54, 1.807) is 6.08 Å². The molecule has 3 rings (SSSR count). The molecule has 1 aliphatic rings. The zero-order valence-corrected chi connectivity index (χ0v) is 12.0. The van der Waals surface area contributed by atoms with Crippen molar-refractivity contribution in [2.45, 2.75) is 12.8 Å². The number of hydrogen-bond acceptors (Lipinski definition) is 2. The van der Waals surface area contributed by atoms with Crippen LogP contribution >= 0.6 is 0 Å². The molecule has 2 aromatic rings. The highest BCUT2D eigenvalue weighted by Crippen LogP contribution is 2.24. The van der Waals surface area contributed by atoms with Gasteiger partial charge in [-0.1, -0.05) is 60.7 Å². The van der Waals surface area contributed by atoms with Gasteiger partial charge in [0.2, 0.25) is 0 Å². The van der Waals surface area contributed by atoms with Crippen molar-refractivity contribution in [2.24, 2.45) is 0 Å². The average Bonchev–Trinajstić information content (AvgIpc) is 3.08. The van der Waals surface area contributed by atoms with Crippen LogP contribution in [-0.4, -0.2) is 23.8 Å². The van der Waals surface area contributed by atoms with Crippen LogP contribution in [0.1, 0.15) is 28.8 Å². The summed E-state index contributed by atoms with van der Waals surface area (Å²) in [7, 11) is 0. The normalized spacial score (nSPS) is 15.2. The van der Waals surface area contributed by atoms with Gasteiger partial charge in [0.15, 0.2) is 5.78 Å². The highest BCUT2D eigenvalue weighted by molar-refractivity contribution is 6.08. The lowest BCUT2D eigenvalue weighted by molar-refractivity contribution is 0.104. The second-order valence-corrected chi connectivity index (χ2v) is 5.32. The summed E-state index contributed by atoms with van der Waals surface area (Å²) in [6.45, 7) is 2.06. The molecule has 0 aliphatic carbocycles. The molecule has 0 unspecified atom stereocenters. The monoisotopic (exact) mass is 277 g/mol. The van der Waals surface area contributed by atoms with Crippen LogP contribution in [0.25, 0.3) is 5.70 Å². The summed E-state index contributed by atoms with van der Waals surface area (Å²) >= 11 is 0. The molecule has 0 amide bonds. The summed E-state index contributed by atoms with van der Waals surface area (Å²) < 4.78 is 0. The van der Waals surface area contributed by atoms with E-state index in [1.807, 2.05) is 48.5 Å². The fraction of sp³-hybridized carbons (Fsp3) is 0.211. The van der Waals surface area contributed by atoms with E-state index >= 15 is 0 Å². The van der Waals surface area contributed by atoms with E-state index < -0.39 is 0 Å². The Labute approximate surface area is 125 Å². The third-order valence-corrected chi connectivity index (χ3v) is 3.84. The number of nitrogens with zero attached hydrogens (tertiary/aromatic N) is 1. The highest BCUT2D eigenvalue weighted by atomic mass is 16.1. The van der Waals surface area contributed by atoms with E-state index in [0.717, 1.165) is 29.9 Å². The summed E-state index contributed by atoms with van der Waals surface area (Å²) in [6.07, 6.45) is 4.18. The number of allylic oxidation sites excluding steroid dienone is 1. The SMILES string of the molecule is O=C(/C=C(\c1ccccc1)N1CCCC1)c1ccccc1. The third kappa shape index (κ3) is 3.22. The maximum Gasteiger partial charge on any atom is 0.187 e. The lowest BCUT2D eigenvalue weighted by Gasteiger charge is -2.21. The molecule has 1 aliphatic heterocycles. The minimum atomic E-state index is 0.0707. The van der Waals surface area contributed by atoms with E-state index in [2.05, 4.69) is 17.0 Å². The summed E-state index contributed by atoms with van der Waals surface area (Å²) in [5, 5.41) is 0. The number of hydrogen-bond donors (Lipinski definition) is 0. The Morgan fingerprint density at radius 3 is 1.90 bits per heavy atom. The molecule has 1 heterocycles. The average molecular weight is 277 g/mol. The molecule has 0 bridgehead atoms. The molecule has 2 heteroatoms. The molecule has 0 saturated carbocycles. The van der Waals surface area contributed by atoms with Gasteiger partial charge < -0.3 is 4.90 Å². The standard InChI is InChI=1S/C19H19NO/c21-19(17-11-5-2-6-12-17)15-18(20-13-7-8-14-20)16-9-3-1-4-10-16/h1-6,9-12,15H,7-8,13-14H2/b18-15+. The maximum atomic E-state index is 12.5. The lowest BCUT2D eigenvalue weighted by Crippen LogP contribution is -2.18. The Morgan fingerprint density at radius 2 is 1.33 bits per heavy atom. The maximum absolute atomic E-state index is 12.5. The fourth-order valence-electron chi connectivity index (χ4n) is 2.73. The van der Waals surface area contributed by atoms with Gasteiger partial charge in [0.05, 0.1) is 0 Å². The molecule has 0 atom stereocenters. The Kier molecular flexibility index (Phi) is 4.15. The van der Waals surface area contributed by atoms with Gasteiger partial charge in [-0.25, -0.2) is 0 Å². The Hall–Kier alpha value is -2.35. The van der Waals surface area contributed by atoms with Crippen LogP contribution < -0.4 is 0 Å². The van der Waals surface area contributed by atoms with Crippen LogP contribution in [-0.2, 0) is 0 Å². The first-order chi connectivity index (χ1) is 10.3. The number of likely N-dealkylation sites (tertiary alicyclic amines) is 1. The first-order valence-electron chi connectivity index (χ1n) is 7.46. The molecule has 106 valence electrons. The number of benzene rings is 2. The van der Waals surface area contributed by atoms with Crippen molar-refractivity contribution in [3.05, 3.63) is 77.9 Å². The minimum absolute atomic E-state index is 0.0707. The van der Waals surface area contributed by atoms with Gasteiger partial charge in [-0.2, -0.15) is 0 Å². The van der Waals surface area contributed by atoms with Crippen LogP contribution in [0.2, 0.25) is 0 Å². The number of carbonyl (C=O) groups excluding carboxylic acids is 1. The highest BCUT2D eigenvalue weighted by Gasteiger charge is 2.17. The Morgan fingerprint density at radius 1 is 0.810 bits per heavy atom. The lowest BCUT2D eigenvalue weighted by atomic mass is 10.1. The van der Waals surface area contributed by atoms with Crippen LogP contribution in [0.15, 0.2) is 66.7 Å². The number of carbonyl (C=O) groups is 1. The molecule has 2 aromatic carbocycles. The second-order valence-electron chi connectivity index (χ2n) is 5.32. The number of ketones is 1. The van der Waals surface area contributed by atoms with E-state index in [-0.39, 0.29) is 5.78 Å². The van der Waals surface area contributed by atoms with Crippen molar-refractivity contribution < 1.29 is 4.79 Å². The predicted molar refractivity (Wildman–Crippen MR) is 86.0 cm³/mol. The van der Waals surface area contributed by atoms with Crippen LogP contribution in [0.5, 0.6) is 0 Å². The van der Waals surface area contributed by atoms with Gasteiger partial charge in [-0.15, -0.1) is 0 Å². The smallest absolute Gasteiger partial charge is 0.187 e. The largest absolute Gasteiger partial charge is 0.371 e. The number of rotatable bonds is 4. The molecule has 1 saturated heterocycles. The van der Waals surface area contributed by atoms with E-state index in [9.17, 15) is 4.79 Å². The summed E-state index contributed by atoms with van der Waals surface area (Å²) in [4.78, 5) is 14.8. The minimum Gasteiger partial charge on any atom is -0.371 e. The Bertz CT molecular complexity index is 625. The van der Waals surface area contributed by atoms with Crippen LogP contribution in [0.3, 0.4) is 0 Å². The summed E-state index contributed by atoms with van der Waals surface area (Å²) in [5.74, 6) is 0.0707. The van der Waals surface area contributed by atoms with Crippen LogP contribution in [0.4, 0.5) is 0 Å². The quantitative estimate of drug-likeness (QED) is 0.622. The zero-order chi connectivity index (χ0) is 14.5. The van der Waals surface area contributed by atoms with Gasteiger partial charge in [0.1, 0.15) is 0 Å². The predicted octanol–water partition coefficient (Wildman–Crippen LogP) is 4.01. The molecule has 2 nitrogen and oxygen atoms in total. The van der Waals surface area contributed by atoms with Crippen molar-refractivity contribution in [3.8, 4) is 0 Å². The van der Waals surface area contributed by atoms with Crippen molar-refractivity contribution in [2.75, 3.05) is 13.1 Å². The van der Waals surface area contributed by atoms with E-state index in [1.165, 1.54) is 12.8 Å². The van der Waals surface area contributed by atoms with Crippen molar-refractivity contribution in [1.82, 2.24) is 4.90 Å². The third-order valence-electron chi connectivity index (χ3n) is 3.84. The van der Waals surface area contributed by atoms with Gasteiger partial charge in [-0.3, -0.25) is 4.79 Å². The second kappa shape index (κ2) is 6.40. The molecule has 0 spiro atoms. The first kappa shape index (κ1) is 13.6. The molecular weight excluding hydrogens is 258 g/mol. The summed E-state index contributed by atoms with van der Waals surface area (Å²) in [5.41, 5.74) is 2.90. The zero-order valence-electron chi connectivity index (χ0n) is 12.0. The van der Waals surface area contributed by atoms with Crippen molar-refractivity contribution in [1.29, 1.82) is 0 Å². The van der Waals surface area contributed by atoms with Gasteiger partial charge in [-0.05, 0) is 18.4 Å². The molecule has 0 aromatic heterocycles. The van der Waals surface area contributed by atoms with E-state index in [0.29, 0.717) is 0 Å². The topological polar surface area (TPSA) is 20.3 Å².